The van der Waals surface area contributed by atoms with Crippen LogP contribution in [-0.2, 0) is 4.12 Å². The molecule has 0 saturated carbocycles. The third-order valence-corrected chi connectivity index (χ3v) is 10.2. The molecule has 0 heterocycles. The van der Waals surface area contributed by atoms with Crippen molar-refractivity contribution < 1.29 is 4.12 Å². The maximum Gasteiger partial charge on any atom is 0.197 e. The van der Waals surface area contributed by atoms with Gasteiger partial charge in [-0.2, -0.15) is 0 Å². The molecular weight excluding hydrogens is 268 g/mol. The van der Waals surface area contributed by atoms with E-state index in [9.17, 15) is 0 Å². The predicted octanol–water partition coefficient (Wildman–Crippen LogP) is 3.80. The molecule has 0 aliphatic carbocycles. The van der Waals surface area contributed by atoms with Crippen LogP contribution in [-0.4, -0.2) is 27.6 Å². The van der Waals surface area contributed by atoms with E-state index in [1.165, 1.54) is 51.0 Å². The van der Waals surface area contributed by atoms with Crippen molar-refractivity contribution in [3.8, 4) is 0 Å². The third-order valence-electron chi connectivity index (χ3n) is 3.46. The van der Waals surface area contributed by atoms with E-state index in [-0.39, 0.29) is 9.76 Å². The summed E-state index contributed by atoms with van der Waals surface area (Å²) < 4.78 is 6.01. The van der Waals surface area contributed by atoms with E-state index in [0.717, 1.165) is 0 Å². The van der Waals surface area contributed by atoms with Crippen LogP contribution < -0.4 is 0 Å². The molecule has 0 aliphatic heterocycles. The van der Waals surface area contributed by atoms with Gasteiger partial charge < -0.3 is 4.12 Å². The quantitative estimate of drug-likeness (QED) is 0.371. The van der Waals surface area contributed by atoms with Gasteiger partial charge in [0.1, 0.15) is 9.76 Å². The van der Waals surface area contributed by atoms with Gasteiger partial charge in [-0.25, -0.2) is 0 Å². The molecular formula is C14H34OSi3. The summed E-state index contributed by atoms with van der Waals surface area (Å²) in [7, 11) is -1.37. The zero-order valence-corrected chi connectivity index (χ0v) is 16.8. The Balaban J connectivity index is 3.10. The molecule has 0 bridgehead atoms. The summed E-state index contributed by atoms with van der Waals surface area (Å²) in [5.41, 5.74) is 2.05. The van der Waals surface area contributed by atoms with Crippen molar-refractivity contribution in [2.24, 2.45) is 0 Å². The minimum atomic E-state index is -1.44. The summed E-state index contributed by atoms with van der Waals surface area (Å²) in [6, 6.07) is 2.93. The van der Waals surface area contributed by atoms with E-state index in [1.54, 1.807) is 6.04 Å². The molecule has 0 saturated heterocycles. The monoisotopic (exact) mass is 302 g/mol. The highest BCUT2D eigenvalue weighted by molar-refractivity contribution is 6.79. The Kier molecular flexibility index (Phi) is 12.6. The van der Waals surface area contributed by atoms with E-state index in [2.05, 4.69) is 31.9 Å². The van der Waals surface area contributed by atoms with Crippen molar-refractivity contribution in [3.63, 3.8) is 0 Å². The van der Waals surface area contributed by atoms with Crippen LogP contribution in [0.15, 0.2) is 12.3 Å². The lowest BCUT2D eigenvalue weighted by molar-refractivity contribution is 0.577. The average molecular weight is 303 g/mol. The van der Waals surface area contributed by atoms with Crippen molar-refractivity contribution in [2.45, 2.75) is 76.7 Å². The Labute approximate surface area is 121 Å². The summed E-state index contributed by atoms with van der Waals surface area (Å²) in [5.74, 6) is 0. The number of hydrogen-bond donors (Lipinski definition) is 0. The summed E-state index contributed by atoms with van der Waals surface area (Å²) >= 11 is 0. The molecule has 0 rings (SSSR count). The molecule has 0 fully saturated rings. The molecule has 0 aromatic rings. The van der Waals surface area contributed by atoms with Crippen LogP contribution in [0.1, 0.15) is 44.9 Å². The summed E-state index contributed by atoms with van der Waals surface area (Å²) in [5, 5.41) is 0. The van der Waals surface area contributed by atoms with Gasteiger partial charge in [0.25, 0.3) is 0 Å². The van der Waals surface area contributed by atoms with Crippen LogP contribution in [0.5, 0.6) is 0 Å². The lowest BCUT2D eigenvalue weighted by atomic mass is 10.1. The maximum atomic E-state index is 6.01. The van der Waals surface area contributed by atoms with Gasteiger partial charge in [-0.05, 0) is 19.1 Å². The van der Waals surface area contributed by atoms with Crippen LogP contribution in [0, 0.1) is 0 Å². The molecule has 0 atom stereocenters. The van der Waals surface area contributed by atoms with Crippen LogP contribution >= 0.6 is 0 Å². The molecule has 4 heteroatoms. The summed E-state index contributed by atoms with van der Waals surface area (Å²) in [6.07, 6.45) is 10.2. The molecule has 0 aromatic heterocycles. The van der Waals surface area contributed by atoms with Crippen molar-refractivity contribution in [1.82, 2.24) is 0 Å². The Hall–Kier alpha value is 0.351. The van der Waals surface area contributed by atoms with Crippen molar-refractivity contribution >= 4 is 27.6 Å². The highest BCUT2D eigenvalue weighted by Crippen LogP contribution is 2.11. The highest BCUT2D eigenvalue weighted by atomic mass is 28.4. The molecule has 0 unspecified atom stereocenters. The molecule has 108 valence electrons. The predicted molar refractivity (Wildman–Crippen MR) is 93.6 cm³/mol. The van der Waals surface area contributed by atoms with E-state index in [0.29, 0.717) is 9.52 Å². The topological polar surface area (TPSA) is 9.23 Å². The molecule has 0 radical (unpaired) electrons. The van der Waals surface area contributed by atoms with Crippen LogP contribution in [0.2, 0.25) is 31.7 Å². The number of unbranched alkanes of at least 4 members (excludes halogenated alkanes) is 6. The SMILES string of the molecule is C=C[Si](C)(C)O[SiH2]CCCCCCCCC[SiH2]C. The standard InChI is InChI=1S/C14H34OSi3/c1-5-18(3,4)15-17-14-12-10-8-6-7-9-11-13-16-2/h5H,1,6-14,16-17H2,2-4H3. The van der Waals surface area contributed by atoms with Gasteiger partial charge in [-0.1, -0.05) is 63.2 Å². The fourth-order valence-corrected chi connectivity index (χ4v) is 6.55. The Morgan fingerprint density at radius 2 is 1.44 bits per heavy atom. The van der Waals surface area contributed by atoms with Gasteiger partial charge in [0.15, 0.2) is 8.32 Å². The van der Waals surface area contributed by atoms with Crippen molar-refractivity contribution in [3.05, 3.63) is 12.3 Å². The summed E-state index contributed by atoms with van der Waals surface area (Å²) in [6.45, 7) is 10.8. The maximum absolute atomic E-state index is 6.01. The molecule has 18 heavy (non-hydrogen) atoms. The Morgan fingerprint density at radius 1 is 0.944 bits per heavy atom. The van der Waals surface area contributed by atoms with Gasteiger partial charge in [0.2, 0.25) is 0 Å². The zero-order chi connectivity index (χ0) is 13.7. The van der Waals surface area contributed by atoms with Gasteiger partial charge in [-0.15, -0.1) is 6.58 Å². The lowest BCUT2D eigenvalue weighted by Crippen LogP contribution is -2.29. The second-order valence-electron chi connectivity index (χ2n) is 5.84. The van der Waals surface area contributed by atoms with Crippen LogP contribution in [0.3, 0.4) is 0 Å². The highest BCUT2D eigenvalue weighted by Gasteiger charge is 2.15. The van der Waals surface area contributed by atoms with Crippen LogP contribution in [0.25, 0.3) is 0 Å². The number of rotatable bonds is 13. The van der Waals surface area contributed by atoms with E-state index < -0.39 is 8.32 Å². The minimum absolute atomic E-state index is 0.260. The van der Waals surface area contributed by atoms with Gasteiger partial charge in [-0.3, -0.25) is 0 Å². The van der Waals surface area contributed by atoms with Gasteiger partial charge in [0, 0.05) is 9.52 Å². The first-order valence-corrected chi connectivity index (χ1v) is 14.9. The fourth-order valence-electron chi connectivity index (χ4n) is 1.98. The third kappa shape index (κ3) is 12.8. The van der Waals surface area contributed by atoms with E-state index in [4.69, 9.17) is 4.12 Å². The van der Waals surface area contributed by atoms with Gasteiger partial charge in [0.05, 0.1) is 0 Å². The largest absolute Gasteiger partial charge is 0.458 e. The first kappa shape index (κ1) is 18.4. The molecule has 0 spiro atoms. The number of hydrogen-bond acceptors (Lipinski definition) is 1. The minimum Gasteiger partial charge on any atom is -0.458 e. The first-order valence-electron chi connectivity index (χ1n) is 7.90. The Morgan fingerprint density at radius 3 is 1.94 bits per heavy atom. The lowest BCUT2D eigenvalue weighted by Gasteiger charge is -2.18. The molecule has 0 amide bonds. The smallest absolute Gasteiger partial charge is 0.197 e. The normalized spacial score (nSPS) is 13.1. The molecule has 0 aromatic carbocycles. The second kappa shape index (κ2) is 12.4. The molecule has 0 aliphatic rings. The Bertz CT molecular complexity index is 195. The average Bonchev–Trinajstić information content (AvgIpc) is 2.36. The molecule has 0 N–H and O–H groups in total. The van der Waals surface area contributed by atoms with Crippen LogP contribution in [0.4, 0.5) is 0 Å². The van der Waals surface area contributed by atoms with Gasteiger partial charge >= 0.3 is 0 Å². The van der Waals surface area contributed by atoms with E-state index in [1.807, 2.05) is 0 Å². The fraction of sp³-hybridized carbons (Fsp3) is 0.857. The zero-order valence-electron chi connectivity index (χ0n) is 13.0. The van der Waals surface area contributed by atoms with E-state index >= 15 is 0 Å². The second-order valence-corrected chi connectivity index (χ2v) is 13.4. The van der Waals surface area contributed by atoms with Crippen molar-refractivity contribution in [1.29, 1.82) is 0 Å². The first-order chi connectivity index (χ1) is 8.62. The van der Waals surface area contributed by atoms with Crippen molar-refractivity contribution in [2.75, 3.05) is 0 Å². The summed E-state index contributed by atoms with van der Waals surface area (Å²) in [4.78, 5) is 0. The molecule has 1 nitrogen and oxygen atoms in total.